The highest BCUT2D eigenvalue weighted by atomic mass is 16.1. The Hall–Kier alpha value is -0.570. The summed E-state index contributed by atoms with van der Waals surface area (Å²) in [7, 11) is 0. The number of rotatable bonds is 8. The molecule has 0 aliphatic heterocycles. The third-order valence-corrected chi connectivity index (χ3v) is 2.89. The largest absolute Gasteiger partial charge is 0.353 e. The summed E-state index contributed by atoms with van der Waals surface area (Å²) in [6.45, 7) is 8.95. The summed E-state index contributed by atoms with van der Waals surface area (Å²) < 4.78 is 0. The molecule has 0 rings (SSSR count). The molecule has 0 radical (unpaired) electrons. The van der Waals surface area contributed by atoms with Crippen molar-refractivity contribution in [2.75, 3.05) is 6.54 Å². The van der Waals surface area contributed by atoms with Gasteiger partial charge in [-0.1, -0.05) is 34.1 Å². The first-order valence-corrected chi connectivity index (χ1v) is 6.55. The van der Waals surface area contributed by atoms with Crippen LogP contribution in [-0.2, 0) is 4.79 Å². The van der Waals surface area contributed by atoms with Crippen molar-refractivity contribution in [2.24, 2.45) is 17.6 Å². The molecular formula is C13H28N2O. The zero-order valence-corrected chi connectivity index (χ0v) is 11.3. The van der Waals surface area contributed by atoms with Gasteiger partial charge in [-0.25, -0.2) is 0 Å². The van der Waals surface area contributed by atoms with Crippen molar-refractivity contribution in [3.63, 3.8) is 0 Å². The average molecular weight is 228 g/mol. The minimum absolute atomic E-state index is 0.0223. The summed E-state index contributed by atoms with van der Waals surface area (Å²) in [5.41, 5.74) is 5.65. The van der Waals surface area contributed by atoms with Gasteiger partial charge < -0.3 is 11.1 Å². The highest BCUT2D eigenvalue weighted by Crippen LogP contribution is 2.12. The molecule has 2 atom stereocenters. The molecule has 0 aromatic heterocycles. The van der Waals surface area contributed by atoms with E-state index in [2.05, 4.69) is 33.0 Å². The molecule has 0 fully saturated rings. The predicted octanol–water partition coefficient (Wildman–Crippen LogP) is 2.30. The van der Waals surface area contributed by atoms with Gasteiger partial charge in [-0.3, -0.25) is 4.79 Å². The Kier molecular flexibility index (Phi) is 8.26. The molecule has 0 bridgehead atoms. The van der Waals surface area contributed by atoms with Crippen molar-refractivity contribution >= 4 is 5.91 Å². The van der Waals surface area contributed by atoms with Crippen molar-refractivity contribution in [2.45, 2.75) is 59.4 Å². The first-order valence-electron chi connectivity index (χ1n) is 6.55. The monoisotopic (exact) mass is 228 g/mol. The van der Waals surface area contributed by atoms with Crippen LogP contribution in [0.3, 0.4) is 0 Å². The number of hydrogen-bond donors (Lipinski definition) is 2. The molecule has 0 heterocycles. The summed E-state index contributed by atoms with van der Waals surface area (Å²) in [6, 6.07) is 0.318. The van der Waals surface area contributed by atoms with Crippen LogP contribution >= 0.6 is 0 Å². The third-order valence-electron chi connectivity index (χ3n) is 2.89. The van der Waals surface area contributed by atoms with Gasteiger partial charge in [-0.05, 0) is 25.2 Å². The smallest absolute Gasteiger partial charge is 0.224 e. The quantitative estimate of drug-likeness (QED) is 0.670. The molecule has 2 unspecified atom stereocenters. The van der Waals surface area contributed by atoms with E-state index in [0.29, 0.717) is 18.5 Å². The van der Waals surface area contributed by atoms with Crippen LogP contribution in [-0.4, -0.2) is 18.5 Å². The van der Waals surface area contributed by atoms with Gasteiger partial charge in [0.15, 0.2) is 0 Å². The first-order chi connectivity index (χ1) is 7.54. The number of carbonyl (C=O) groups excluding carboxylic acids is 1. The van der Waals surface area contributed by atoms with Crippen molar-refractivity contribution in [3.8, 4) is 0 Å². The molecule has 0 aromatic rings. The zero-order valence-electron chi connectivity index (χ0n) is 11.3. The topological polar surface area (TPSA) is 55.1 Å². The van der Waals surface area contributed by atoms with E-state index in [1.54, 1.807) is 0 Å². The molecule has 16 heavy (non-hydrogen) atoms. The van der Waals surface area contributed by atoms with Crippen molar-refractivity contribution in [3.05, 3.63) is 0 Å². The number of nitrogens with one attached hydrogen (secondary N) is 1. The molecule has 0 aliphatic carbocycles. The number of hydrogen-bond acceptors (Lipinski definition) is 2. The van der Waals surface area contributed by atoms with E-state index in [1.165, 1.54) is 0 Å². The molecule has 96 valence electrons. The highest BCUT2D eigenvalue weighted by molar-refractivity contribution is 5.79. The van der Waals surface area contributed by atoms with Gasteiger partial charge in [0.05, 0.1) is 5.92 Å². The fourth-order valence-corrected chi connectivity index (χ4v) is 1.93. The van der Waals surface area contributed by atoms with Crippen molar-refractivity contribution in [1.29, 1.82) is 0 Å². The molecule has 0 aromatic carbocycles. The van der Waals surface area contributed by atoms with Crippen LogP contribution in [0.5, 0.6) is 0 Å². The van der Waals surface area contributed by atoms with Gasteiger partial charge in [0.2, 0.25) is 5.91 Å². The second kappa shape index (κ2) is 8.57. The Labute approximate surface area is 100 Å². The summed E-state index contributed by atoms with van der Waals surface area (Å²) in [6.07, 6.45) is 4.04. The number of amides is 1. The molecule has 0 saturated heterocycles. The maximum atomic E-state index is 12.0. The Balaban J connectivity index is 4.17. The normalized spacial score (nSPS) is 14.9. The Morgan fingerprint density at radius 1 is 1.31 bits per heavy atom. The molecule has 0 aliphatic rings. The summed E-state index contributed by atoms with van der Waals surface area (Å²) in [5.74, 6) is 0.632. The summed E-state index contributed by atoms with van der Waals surface area (Å²) in [4.78, 5) is 12.0. The molecule has 3 nitrogen and oxygen atoms in total. The van der Waals surface area contributed by atoms with Gasteiger partial charge in [-0.15, -0.1) is 0 Å². The lowest BCUT2D eigenvalue weighted by atomic mass is 9.95. The van der Waals surface area contributed by atoms with E-state index in [-0.39, 0.29) is 11.8 Å². The van der Waals surface area contributed by atoms with E-state index < -0.39 is 0 Å². The zero-order chi connectivity index (χ0) is 12.6. The SMILES string of the molecule is CCCC(CC)NC(=O)C(CN)CC(C)C. The minimum Gasteiger partial charge on any atom is -0.353 e. The van der Waals surface area contributed by atoms with Crippen LogP contribution in [0.25, 0.3) is 0 Å². The summed E-state index contributed by atoms with van der Waals surface area (Å²) in [5, 5.41) is 3.11. The Morgan fingerprint density at radius 2 is 1.94 bits per heavy atom. The molecule has 0 saturated carbocycles. The van der Waals surface area contributed by atoms with Gasteiger partial charge in [0, 0.05) is 12.6 Å². The third kappa shape index (κ3) is 6.11. The van der Waals surface area contributed by atoms with E-state index in [4.69, 9.17) is 5.73 Å². The lowest BCUT2D eigenvalue weighted by molar-refractivity contribution is -0.126. The fourth-order valence-electron chi connectivity index (χ4n) is 1.93. The van der Waals surface area contributed by atoms with Gasteiger partial charge in [-0.2, -0.15) is 0 Å². The van der Waals surface area contributed by atoms with Crippen LogP contribution in [0.1, 0.15) is 53.4 Å². The maximum Gasteiger partial charge on any atom is 0.224 e. The summed E-state index contributed by atoms with van der Waals surface area (Å²) >= 11 is 0. The number of nitrogens with two attached hydrogens (primary N) is 1. The number of carbonyl (C=O) groups is 1. The van der Waals surface area contributed by atoms with Crippen LogP contribution in [0.2, 0.25) is 0 Å². The molecule has 3 N–H and O–H groups in total. The van der Waals surface area contributed by atoms with E-state index >= 15 is 0 Å². The minimum atomic E-state index is -0.0223. The second-order valence-electron chi connectivity index (χ2n) is 4.96. The molecule has 1 amide bonds. The standard InChI is InChI=1S/C13H28N2O/c1-5-7-12(6-2)15-13(16)11(9-14)8-10(3)4/h10-12H,5-9,14H2,1-4H3,(H,15,16). The van der Waals surface area contributed by atoms with Crippen molar-refractivity contribution in [1.82, 2.24) is 5.32 Å². The first kappa shape index (κ1) is 15.4. The predicted molar refractivity (Wildman–Crippen MR) is 69.1 cm³/mol. The molecule has 3 heteroatoms. The van der Waals surface area contributed by atoms with Gasteiger partial charge >= 0.3 is 0 Å². The fraction of sp³-hybridized carbons (Fsp3) is 0.923. The second-order valence-corrected chi connectivity index (χ2v) is 4.96. The van der Waals surface area contributed by atoms with E-state index in [1.807, 2.05) is 0 Å². The van der Waals surface area contributed by atoms with Gasteiger partial charge in [0.1, 0.15) is 0 Å². The lowest BCUT2D eigenvalue weighted by Crippen LogP contribution is -2.41. The van der Waals surface area contributed by atoms with Crippen LogP contribution < -0.4 is 11.1 Å². The molecule has 0 spiro atoms. The maximum absolute atomic E-state index is 12.0. The average Bonchev–Trinajstić information content (AvgIpc) is 2.24. The van der Waals surface area contributed by atoms with Crippen LogP contribution in [0, 0.1) is 11.8 Å². The molecular weight excluding hydrogens is 200 g/mol. The van der Waals surface area contributed by atoms with E-state index in [9.17, 15) is 4.79 Å². The lowest BCUT2D eigenvalue weighted by Gasteiger charge is -2.21. The van der Waals surface area contributed by atoms with Gasteiger partial charge in [0.25, 0.3) is 0 Å². The Morgan fingerprint density at radius 3 is 2.31 bits per heavy atom. The highest BCUT2D eigenvalue weighted by Gasteiger charge is 2.20. The van der Waals surface area contributed by atoms with E-state index in [0.717, 1.165) is 25.7 Å². The Bertz CT molecular complexity index is 192. The van der Waals surface area contributed by atoms with Crippen LogP contribution in [0.15, 0.2) is 0 Å². The van der Waals surface area contributed by atoms with Crippen LogP contribution in [0.4, 0.5) is 0 Å². The van der Waals surface area contributed by atoms with Crippen molar-refractivity contribution < 1.29 is 4.79 Å².